The first-order valence-electron chi connectivity index (χ1n) is 5.57. The third kappa shape index (κ3) is 2.05. The van der Waals surface area contributed by atoms with Gasteiger partial charge in [0.1, 0.15) is 0 Å². The van der Waals surface area contributed by atoms with Gasteiger partial charge in [0.15, 0.2) is 0 Å². The van der Waals surface area contributed by atoms with Crippen LogP contribution < -0.4 is 5.32 Å². The minimum absolute atomic E-state index is 0.938. The molecule has 1 heterocycles. The summed E-state index contributed by atoms with van der Waals surface area (Å²) >= 11 is 0. The molecule has 0 aliphatic carbocycles. The van der Waals surface area contributed by atoms with Gasteiger partial charge in [0.25, 0.3) is 0 Å². The zero-order valence-corrected chi connectivity index (χ0v) is 9.46. The van der Waals surface area contributed by atoms with Crippen molar-refractivity contribution in [3.63, 3.8) is 0 Å². The Balaban J connectivity index is 2.42. The summed E-state index contributed by atoms with van der Waals surface area (Å²) in [4.78, 5) is 0. The van der Waals surface area contributed by atoms with Crippen LogP contribution in [0.2, 0.25) is 0 Å². The Hall–Kier alpha value is -1.28. The van der Waals surface area contributed by atoms with Crippen molar-refractivity contribution >= 4 is 10.9 Å². The molecule has 0 bridgehead atoms. The lowest BCUT2D eigenvalue weighted by molar-refractivity contribution is 0.703. The van der Waals surface area contributed by atoms with Crippen molar-refractivity contribution in [3.8, 4) is 0 Å². The van der Waals surface area contributed by atoms with Gasteiger partial charge in [-0.3, -0.25) is 0 Å². The fourth-order valence-corrected chi connectivity index (χ4v) is 1.98. The van der Waals surface area contributed by atoms with Crippen molar-refractivity contribution in [2.75, 3.05) is 7.05 Å². The van der Waals surface area contributed by atoms with E-state index < -0.39 is 0 Å². The van der Waals surface area contributed by atoms with Crippen molar-refractivity contribution in [1.29, 1.82) is 0 Å². The van der Waals surface area contributed by atoms with Crippen molar-refractivity contribution in [2.45, 2.75) is 26.4 Å². The summed E-state index contributed by atoms with van der Waals surface area (Å²) in [5, 5.41) is 4.52. The predicted octanol–water partition coefficient (Wildman–Crippen LogP) is 2.77. The van der Waals surface area contributed by atoms with Crippen LogP contribution in [-0.4, -0.2) is 11.6 Å². The molecule has 1 N–H and O–H groups in total. The summed E-state index contributed by atoms with van der Waals surface area (Å²) in [7, 11) is 1.98. The molecule has 2 aromatic rings. The second kappa shape index (κ2) is 4.49. The Bertz CT molecular complexity index is 443. The second-order valence-corrected chi connectivity index (χ2v) is 3.93. The normalized spacial score (nSPS) is 11.1. The van der Waals surface area contributed by atoms with Gasteiger partial charge in [0.05, 0.1) is 0 Å². The topological polar surface area (TPSA) is 17.0 Å². The van der Waals surface area contributed by atoms with E-state index in [4.69, 9.17) is 0 Å². The fourth-order valence-electron chi connectivity index (χ4n) is 1.98. The zero-order valence-electron chi connectivity index (χ0n) is 9.46. The number of nitrogens with one attached hydrogen (secondary N) is 1. The van der Waals surface area contributed by atoms with E-state index in [-0.39, 0.29) is 0 Å². The minimum atomic E-state index is 0.938. The van der Waals surface area contributed by atoms with E-state index in [1.807, 2.05) is 7.05 Å². The molecule has 0 fully saturated rings. The highest BCUT2D eigenvalue weighted by Gasteiger charge is 2.01. The molecule has 0 saturated carbocycles. The van der Waals surface area contributed by atoms with Crippen LogP contribution in [0, 0.1) is 0 Å². The highest BCUT2D eigenvalue weighted by Crippen LogP contribution is 2.18. The Morgan fingerprint density at radius 3 is 2.87 bits per heavy atom. The summed E-state index contributed by atoms with van der Waals surface area (Å²) < 4.78 is 2.33. The summed E-state index contributed by atoms with van der Waals surface area (Å²) in [6.07, 6.45) is 3.36. The number of benzene rings is 1. The van der Waals surface area contributed by atoms with Gasteiger partial charge in [0.2, 0.25) is 0 Å². The number of hydrogen-bond acceptors (Lipinski definition) is 1. The molecule has 0 unspecified atom stereocenters. The summed E-state index contributed by atoms with van der Waals surface area (Å²) in [5.41, 5.74) is 2.70. The Morgan fingerprint density at radius 2 is 2.13 bits per heavy atom. The number of hydrogen-bond donors (Lipinski definition) is 1. The van der Waals surface area contributed by atoms with Crippen LogP contribution in [0.15, 0.2) is 30.5 Å². The van der Waals surface area contributed by atoms with Crippen molar-refractivity contribution in [1.82, 2.24) is 9.88 Å². The van der Waals surface area contributed by atoms with Gasteiger partial charge in [-0.2, -0.15) is 0 Å². The van der Waals surface area contributed by atoms with Gasteiger partial charge in [0, 0.05) is 24.8 Å². The smallest absolute Gasteiger partial charge is 0.0483 e. The maximum atomic E-state index is 3.18. The molecule has 0 amide bonds. The van der Waals surface area contributed by atoms with E-state index in [1.54, 1.807) is 0 Å². The van der Waals surface area contributed by atoms with E-state index in [1.165, 1.54) is 22.9 Å². The van der Waals surface area contributed by atoms with E-state index in [2.05, 4.69) is 47.3 Å². The van der Waals surface area contributed by atoms with Gasteiger partial charge in [-0.05, 0) is 36.6 Å². The standard InChI is InChI=1S/C13H18N2/c1-3-7-15-8-6-12-5-4-11(10-14-2)9-13(12)15/h4-6,8-9,14H,3,7,10H2,1-2H3. The molecule has 0 spiro atoms. The molecule has 2 heteroatoms. The van der Waals surface area contributed by atoms with Crippen LogP contribution in [0.25, 0.3) is 10.9 Å². The van der Waals surface area contributed by atoms with E-state index in [9.17, 15) is 0 Å². The van der Waals surface area contributed by atoms with Gasteiger partial charge in [-0.15, -0.1) is 0 Å². The second-order valence-electron chi connectivity index (χ2n) is 3.93. The van der Waals surface area contributed by atoms with Gasteiger partial charge in [-0.1, -0.05) is 19.1 Å². The van der Waals surface area contributed by atoms with Crippen molar-refractivity contribution < 1.29 is 0 Å². The molecule has 1 aromatic carbocycles. The third-order valence-corrected chi connectivity index (χ3v) is 2.68. The van der Waals surface area contributed by atoms with Gasteiger partial charge >= 0.3 is 0 Å². The number of nitrogens with zero attached hydrogens (tertiary/aromatic N) is 1. The third-order valence-electron chi connectivity index (χ3n) is 2.68. The SMILES string of the molecule is CCCn1ccc2ccc(CNC)cc21. The molecule has 1 aromatic heterocycles. The fraction of sp³-hybridized carbons (Fsp3) is 0.385. The predicted molar refractivity (Wildman–Crippen MR) is 65.0 cm³/mol. The monoisotopic (exact) mass is 202 g/mol. The maximum absolute atomic E-state index is 3.18. The molecule has 2 nitrogen and oxygen atoms in total. The molecule has 15 heavy (non-hydrogen) atoms. The number of aromatic nitrogens is 1. The van der Waals surface area contributed by atoms with E-state index in [0.717, 1.165) is 13.1 Å². The molecule has 0 atom stereocenters. The van der Waals surface area contributed by atoms with Gasteiger partial charge in [-0.25, -0.2) is 0 Å². The Labute approximate surface area is 90.9 Å². The Morgan fingerprint density at radius 1 is 1.27 bits per heavy atom. The molecule has 2 rings (SSSR count). The number of rotatable bonds is 4. The molecular formula is C13H18N2. The average molecular weight is 202 g/mol. The van der Waals surface area contributed by atoms with Crippen molar-refractivity contribution in [2.24, 2.45) is 0 Å². The van der Waals surface area contributed by atoms with Gasteiger partial charge < -0.3 is 9.88 Å². The maximum Gasteiger partial charge on any atom is 0.0483 e. The van der Waals surface area contributed by atoms with Crippen LogP contribution >= 0.6 is 0 Å². The van der Waals surface area contributed by atoms with Crippen molar-refractivity contribution in [3.05, 3.63) is 36.0 Å². The zero-order chi connectivity index (χ0) is 10.7. The summed E-state index contributed by atoms with van der Waals surface area (Å²) in [6.45, 7) is 4.25. The first-order valence-corrected chi connectivity index (χ1v) is 5.57. The highest BCUT2D eigenvalue weighted by molar-refractivity contribution is 5.80. The molecule has 0 aliphatic heterocycles. The largest absolute Gasteiger partial charge is 0.347 e. The Kier molecular flexibility index (Phi) is 3.07. The molecule has 0 radical (unpaired) electrons. The quantitative estimate of drug-likeness (QED) is 0.806. The molecule has 0 saturated heterocycles. The van der Waals surface area contributed by atoms with Crippen LogP contribution in [0.3, 0.4) is 0 Å². The first kappa shape index (κ1) is 10.2. The van der Waals surface area contributed by atoms with E-state index >= 15 is 0 Å². The molecule has 0 aliphatic rings. The van der Waals surface area contributed by atoms with E-state index in [0.29, 0.717) is 0 Å². The van der Waals surface area contributed by atoms with Crippen LogP contribution in [-0.2, 0) is 13.1 Å². The van der Waals surface area contributed by atoms with Crippen LogP contribution in [0.1, 0.15) is 18.9 Å². The number of aryl methyl sites for hydroxylation is 1. The summed E-state index contributed by atoms with van der Waals surface area (Å²) in [5.74, 6) is 0. The average Bonchev–Trinajstić information content (AvgIpc) is 2.63. The lowest BCUT2D eigenvalue weighted by Gasteiger charge is -2.05. The lowest BCUT2D eigenvalue weighted by Crippen LogP contribution is -2.05. The lowest BCUT2D eigenvalue weighted by atomic mass is 10.1. The van der Waals surface area contributed by atoms with Crippen LogP contribution in [0.4, 0.5) is 0 Å². The minimum Gasteiger partial charge on any atom is -0.347 e. The molecular weight excluding hydrogens is 184 g/mol. The molecule has 80 valence electrons. The summed E-state index contributed by atoms with van der Waals surface area (Å²) in [6, 6.07) is 8.86. The highest BCUT2D eigenvalue weighted by atomic mass is 14.9. The van der Waals surface area contributed by atoms with Crippen LogP contribution in [0.5, 0.6) is 0 Å². The number of fused-ring (bicyclic) bond motifs is 1. The first-order chi connectivity index (χ1) is 7.35.